The number of carbonyl (C=O) groups is 4. The Kier molecular flexibility index (Phi) is 6.79. The number of alkyl halides is 2. The first-order valence-electron chi connectivity index (χ1n) is 13.4. The second kappa shape index (κ2) is 9.89. The number of allylic oxidation sites excluding steroid dienone is 2. The molecule has 3 fully saturated rings. The quantitative estimate of drug-likeness (QED) is 0.290. The van der Waals surface area contributed by atoms with E-state index in [9.17, 15) is 29.4 Å². The normalized spacial score (nSPS) is 32.1. The van der Waals surface area contributed by atoms with Crippen molar-refractivity contribution in [1.82, 2.24) is 9.80 Å². The summed E-state index contributed by atoms with van der Waals surface area (Å²) in [6.07, 6.45) is 2.34. The van der Waals surface area contributed by atoms with E-state index in [2.05, 4.69) is 0 Å². The zero-order valence-electron chi connectivity index (χ0n) is 22.6. The van der Waals surface area contributed by atoms with E-state index in [1.165, 1.54) is 31.2 Å². The number of phenols is 2. The highest BCUT2D eigenvalue weighted by Gasteiger charge is 2.75. The molecule has 0 bridgehead atoms. The van der Waals surface area contributed by atoms with Crippen molar-refractivity contribution in [2.45, 2.75) is 34.9 Å². The second-order valence-electron chi connectivity index (χ2n) is 11.3. The first-order valence-corrected chi connectivity index (χ1v) is 14.6. The number of nitrogens with zero attached hydrogens (tertiary/aromatic N) is 2. The van der Waals surface area contributed by atoms with Crippen molar-refractivity contribution in [1.29, 1.82) is 0 Å². The molecule has 6 atom stereocenters. The molecular weight excluding hydrogens is 607 g/mol. The van der Waals surface area contributed by atoms with Crippen molar-refractivity contribution in [3.63, 3.8) is 0 Å². The Bertz CT molecular complexity index is 1580. The van der Waals surface area contributed by atoms with Gasteiger partial charge in [0.15, 0.2) is 21.2 Å². The average molecular weight is 634 g/mol. The molecular formula is C30H27Cl3N2O7. The van der Waals surface area contributed by atoms with Crippen molar-refractivity contribution < 1.29 is 34.1 Å². The van der Waals surface area contributed by atoms with Crippen LogP contribution in [-0.2, 0) is 25.6 Å². The van der Waals surface area contributed by atoms with E-state index in [1.807, 2.05) is 6.08 Å². The summed E-state index contributed by atoms with van der Waals surface area (Å²) in [5, 5.41) is 19.9. The van der Waals surface area contributed by atoms with E-state index in [4.69, 9.17) is 39.5 Å². The van der Waals surface area contributed by atoms with Crippen LogP contribution in [0.3, 0.4) is 0 Å². The molecule has 2 aliphatic carbocycles. The van der Waals surface area contributed by atoms with Gasteiger partial charge in [0, 0.05) is 19.5 Å². The van der Waals surface area contributed by atoms with Crippen LogP contribution in [0.4, 0.5) is 0 Å². The number of ether oxygens (including phenoxy) is 1. The average Bonchev–Trinajstić information content (AvgIpc) is 3.28. The van der Waals surface area contributed by atoms with E-state index in [1.54, 1.807) is 24.3 Å². The summed E-state index contributed by atoms with van der Waals surface area (Å²) < 4.78 is 5.30. The summed E-state index contributed by atoms with van der Waals surface area (Å²) in [7, 11) is 2.66. The van der Waals surface area contributed by atoms with Gasteiger partial charge in [-0.1, -0.05) is 35.4 Å². The van der Waals surface area contributed by atoms with E-state index < -0.39 is 45.2 Å². The van der Waals surface area contributed by atoms with Crippen LogP contribution in [-0.4, -0.2) is 74.1 Å². The molecule has 220 valence electrons. The van der Waals surface area contributed by atoms with Gasteiger partial charge in [-0.05, 0) is 60.6 Å². The highest BCUT2D eigenvalue weighted by Crippen LogP contribution is 2.65. The van der Waals surface area contributed by atoms with Gasteiger partial charge in [-0.15, -0.1) is 23.2 Å². The maximum Gasteiger partial charge on any atom is 0.253 e. The molecule has 0 aromatic heterocycles. The predicted molar refractivity (Wildman–Crippen MR) is 154 cm³/mol. The van der Waals surface area contributed by atoms with Gasteiger partial charge in [0.05, 0.1) is 24.0 Å². The van der Waals surface area contributed by atoms with Crippen molar-refractivity contribution in [2.75, 3.05) is 20.7 Å². The molecule has 6 rings (SSSR count). The Balaban J connectivity index is 1.43. The number of aromatic hydroxyl groups is 2. The summed E-state index contributed by atoms with van der Waals surface area (Å²) >= 11 is 20.7. The van der Waals surface area contributed by atoms with Crippen LogP contribution in [0, 0.1) is 17.8 Å². The Morgan fingerprint density at radius 3 is 2.36 bits per heavy atom. The van der Waals surface area contributed by atoms with Gasteiger partial charge in [0.2, 0.25) is 11.8 Å². The van der Waals surface area contributed by atoms with Crippen molar-refractivity contribution in [3.05, 3.63) is 64.2 Å². The van der Waals surface area contributed by atoms with Gasteiger partial charge in [0.25, 0.3) is 11.8 Å². The monoisotopic (exact) mass is 632 g/mol. The topological polar surface area (TPSA) is 124 Å². The molecule has 2 aliphatic heterocycles. The fourth-order valence-electron chi connectivity index (χ4n) is 7.22. The number of halogens is 3. The van der Waals surface area contributed by atoms with Crippen LogP contribution >= 0.6 is 34.8 Å². The number of phenolic OH excluding ortho intramolecular Hbond substituents is 2. The van der Waals surface area contributed by atoms with Crippen LogP contribution in [0.5, 0.6) is 17.2 Å². The SMILES string of the molecule is COc1cc([C@H]2C3=CC[C@@H]4C(=O)N(CCc5ccc(O)cc5)C(=O)[C@@H]4[C@@H]3C[C@@]3(Cl)C(=O)N(C)C(=O)[C@@]23Cl)cc(Cl)c1O. The number of carbonyl (C=O) groups excluding carboxylic acids is 4. The number of imide groups is 2. The molecule has 12 heteroatoms. The van der Waals surface area contributed by atoms with E-state index in [-0.39, 0.29) is 53.5 Å². The molecule has 0 radical (unpaired) electrons. The molecule has 4 aliphatic rings. The molecule has 2 N–H and O–H groups in total. The first-order chi connectivity index (χ1) is 19.8. The van der Waals surface area contributed by atoms with E-state index >= 15 is 0 Å². The minimum absolute atomic E-state index is 0.0343. The fourth-order valence-corrected chi connectivity index (χ4v) is 8.46. The van der Waals surface area contributed by atoms with Crippen LogP contribution in [0.1, 0.15) is 29.9 Å². The first kappa shape index (κ1) is 28.8. The fraction of sp³-hybridized carbons (Fsp3) is 0.400. The van der Waals surface area contributed by atoms with E-state index in [0.717, 1.165) is 10.5 Å². The van der Waals surface area contributed by atoms with Gasteiger partial charge < -0.3 is 14.9 Å². The summed E-state index contributed by atoms with van der Waals surface area (Å²) in [6, 6.07) is 9.48. The minimum Gasteiger partial charge on any atom is -0.508 e. The smallest absolute Gasteiger partial charge is 0.253 e. The van der Waals surface area contributed by atoms with Crippen molar-refractivity contribution in [2.24, 2.45) is 17.8 Å². The maximum absolute atomic E-state index is 13.9. The Labute approximate surface area is 256 Å². The van der Waals surface area contributed by atoms with Gasteiger partial charge >= 0.3 is 0 Å². The van der Waals surface area contributed by atoms with Crippen LogP contribution in [0.15, 0.2) is 48.0 Å². The largest absolute Gasteiger partial charge is 0.508 e. The third kappa shape index (κ3) is 3.82. The van der Waals surface area contributed by atoms with Gasteiger partial charge in [-0.25, -0.2) is 0 Å². The Hall–Kier alpha value is -3.27. The van der Waals surface area contributed by atoms with E-state index in [0.29, 0.717) is 17.6 Å². The summed E-state index contributed by atoms with van der Waals surface area (Å²) in [5.74, 6) is -5.35. The highest BCUT2D eigenvalue weighted by molar-refractivity contribution is 6.53. The standard InChI is InChI=1S/C30H27Cl3N2O7/c1-34-27(40)29(32)13-19-17(23(30(29,33)28(34)41)15-11-20(31)24(37)21(12-15)42-2)7-8-18-22(19)26(39)35(25(18)38)10-9-14-3-5-16(36)6-4-14/h3-7,11-12,18-19,22-23,36-37H,8-10,13H2,1-2H3/t18-,19+,22-,23-,29+,30-/m0/s1. The van der Waals surface area contributed by atoms with Crippen LogP contribution < -0.4 is 4.74 Å². The molecule has 42 heavy (non-hydrogen) atoms. The predicted octanol–water partition coefficient (Wildman–Crippen LogP) is 3.99. The number of fused-ring (bicyclic) bond motifs is 4. The lowest BCUT2D eigenvalue weighted by Crippen LogP contribution is -2.60. The lowest BCUT2D eigenvalue weighted by molar-refractivity contribution is -0.141. The molecule has 9 nitrogen and oxygen atoms in total. The van der Waals surface area contributed by atoms with Crippen molar-refractivity contribution in [3.8, 4) is 17.2 Å². The van der Waals surface area contributed by atoms with Crippen LogP contribution in [0.25, 0.3) is 0 Å². The van der Waals surface area contributed by atoms with Gasteiger partial charge in [-0.3, -0.25) is 29.0 Å². The maximum atomic E-state index is 13.9. The lowest BCUT2D eigenvalue weighted by Gasteiger charge is -2.50. The number of amides is 4. The number of methoxy groups -OCH3 is 1. The zero-order chi connectivity index (χ0) is 30.3. The molecule has 0 unspecified atom stereocenters. The Morgan fingerprint density at radius 2 is 1.69 bits per heavy atom. The van der Waals surface area contributed by atoms with Crippen molar-refractivity contribution >= 4 is 58.4 Å². The molecule has 4 amide bonds. The second-order valence-corrected chi connectivity index (χ2v) is 12.9. The highest BCUT2D eigenvalue weighted by atomic mass is 35.5. The molecule has 1 saturated carbocycles. The number of hydrogen-bond donors (Lipinski definition) is 2. The number of hydrogen-bond acceptors (Lipinski definition) is 7. The molecule has 2 aromatic carbocycles. The number of rotatable bonds is 5. The third-order valence-corrected chi connectivity index (χ3v) is 11.0. The summed E-state index contributed by atoms with van der Waals surface area (Å²) in [4.78, 5) is 53.0. The Morgan fingerprint density at radius 1 is 1.00 bits per heavy atom. The number of likely N-dealkylation sites (tertiary alicyclic amines) is 2. The molecule has 2 heterocycles. The van der Waals surface area contributed by atoms with Crippen LogP contribution in [0.2, 0.25) is 5.02 Å². The third-order valence-electron chi connectivity index (χ3n) is 9.27. The summed E-state index contributed by atoms with van der Waals surface area (Å²) in [6.45, 7) is 0.150. The molecule has 2 aromatic rings. The summed E-state index contributed by atoms with van der Waals surface area (Å²) in [5.41, 5.74) is 1.84. The molecule has 2 saturated heterocycles. The zero-order valence-corrected chi connectivity index (χ0v) is 24.9. The minimum atomic E-state index is -1.97. The molecule has 0 spiro atoms. The van der Waals surface area contributed by atoms with Gasteiger partial charge in [0.1, 0.15) is 5.75 Å². The van der Waals surface area contributed by atoms with Gasteiger partial charge in [-0.2, -0.15) is 0 Å². The number of benzene rings is 2. The lowest BCUT2D eigenvalue weighted by atomic mass is 9.56.